The lowest BCUT2D eigenvalue weighted by Gasteiger charge is -2.14. The lowest BCUT2D eigenvalue weighted by atomic mass is 10.1. The van der Waals surface area contributed by atoms with E-state index in [1.807, 2.05) is 13.0 Å². The lowest BCUT2D eigenvalue weighted by molar-refractivity contribution is 0.0846. The molecule has 0 fully saturated rings. The summed E-state index contributed by atoms with van der Waals surface area (Å²) < 4.78 is 40.5. The van der Waals surface area contributed by atoms with Gasteiger partial charge in [-0.15, -0.1) is 0 Å². The quantitative estimate of drug-likeness (QED) is 0.529. The minimum atomic E-state index is -4.05. The van der Waals surface area contributed by atoms with Crippen LogP contribution in [0.15, 0.2) is 71.6 Å². The first-order valence-corrected chi connectivity index (χ1v) is 10.7. The smallest absolute Gasteiger partial charge is 0.271 e. The molecule has 3 rings (SSSR count). The van der Waals surface area contributed by atoms with Crippen molar-refractivity contribution in [3.05, 3.63) is 94.8 Å². The van der Waals surface area contributed by atoms with Crippen LogP contribution in [-0.4, -0.2) is 20.2 Å². The van der Waals surface area contributed by atoms with Crippen LogP contribution in [0.2, 0.25) is 0 Å². The number of hydrazine groups is 1. The second-order valence-corrected chi connectivity index (χ2v) is 8.51. The Labute approximate surface area is 179 Å². The number of hydrogen-bond acceptors (Lipinski definition) is 4. The molecule has 0 bridgehead atoms. The highest BCUT2D eigenvalue weighted by molar-refractivity contribution is 7.92. The van der Waals surface area contributed by atoms with Crippen LogP contribution >= 0.6 is 0 Å². The zero-order valence-corrected chi connectivity index (χ0v) is 17.6. The summed E-state index contributed by atoms with van der Waals surface area (Å²) in [5.74, 6) is -1.79. The average Bonchev–Trinajstić information content (AvgIpc) is 2.72. The third-order valence-corrected chi connectivity index (χ3v) is 5.84. The second-order valence-electron chi connectivity index (χ2n) is 6.83. The molecule has 3 aromatic rings. The summed E-state index contributed by atoms with van der Waals surface area (Å²) in [4.78, 5) is 24.8. The fourth-order valence-corrected chi connectivity index (χ4v) is 3.98. The van der Waals surface area contributed by atoms with E-state index in [0.29, 0.717) is 5.56 Å². The Hall–Kier alpha value is -3.72. The van der Waals surface area contributed by atoms with E-state index in [2.05, 4.69) is 15.6 Å². The van der Waals surface area contributed by atoms with Crippen LogP contribution in [-0.2, 0) is 10.0 Å². The monoisotopic (exact) mass is 441 g/mol. The highest BCUT2D eigenvalue weighted by Crippen LogP contribution is 2.20. The molecule has 2 amide bonds. The van der Waals surface area contributed by atoms with Crippen molar-refractivity contribution in [2.24, 2.45) is 0 Å². The maximum atomic E-state index is 13.1. The molecule has 160 valence electrons. The third kappa shape index (κ3) is 5.26. The predicted molar refractivity (Wildman–Crippen MR) is 114 cm³/mol. The molecular formula is C22H20FN3O4S. The van der Waals surface area contributed by atoms with Gasteiger partial charge in [-0.25, -0.2) is 12.8 Å². The number of anilines is 1. The molecule has 0 aliphatic rings. The van der Waals surface area contributed by atoms with Crippen LogP contribution < -0.4 is 15.6 Å². The number of aryl methyl sites for hydroxylation is 2. The maximum Gasteiger partial charge on any atom is 0.271 e. The normalized spacial score (nSPS) is 10.9. The standard InChI is InChI=1S/C22H20FN3O4S/c1-14-7-12-18(15(2)13-14)21(27)24-25-22(28)19-5-3-4-6-20(19)26-31(29,30)17-10-8-16(23)9-11-17/h3-13,26H,1-2H3,(H,24,27)(H,25,28). The molecule has 0 radical (unpaired) electrons. The van der Waals surface area contributed by atoms with Gasteiger partial charge >= 0.3 is 0 Å². The van der Waals surface area contributed by atoms with E-state index >= 15 is 0 Å². The fourth-order valence-electron chi connectivity index (χ4n) is 2.90. The number of amides is 2. The van der Waals surface area contributed by atoms with Gasteiger partial charge in [0.1, 0.15) is 5.82 Å². The van der Waals surface area contributed by atoms with E-state index in [1.165, 1.54) is 12.1 Å². The Balaban J connectivity index is 1.75. The van der Waals surface area contributed by atoms with Crippen LogP contribution in [0.25, 0.3) is 0 Å². The molecule has 0 saturated heterocycles. The minimum Gasteiger partial charge on any atom is -0.279 e. The molecule has 0 atom stereocenters. The average molecular weight is 441 g/mol. The Morgan fingerprint density at radius 1 is 0.806 bits per heavy atom. The van der Waals surface area contributed by atoms with Gasteiger partial charge in [0.05, 0.1) is 16.1 Å². The molecule has 0 saturated carbocycles. The van der Waals surface area contributed by atoms with E-state index in [0.717, 1.165) is 35.4 Å². The summed E-state index contributed by atoms with van der Waals surface area (Å²) in [6.45, 7) is 3.68. The fraction of sp³-hybridized carbons (Fsp3) is 0.0909. The van der Waals surface area contributed by atoms with Crippen molar-refractivity contribution >= 4 is 27.5 Å². The number of rotatable bonds is 5. The molecule has 0 unspecified atom stereocenters. The second kappa shape index (κ2) is 8.97. The Kier molecular flexibility index (Phi) is 6.36. The van der Waals surface area contributed by atoms with Gasteiger partial charge in [0.15, 0.2) is 0 Å². The number of hydrogen-bond donors (Lipinski definition) is 3. The molecule has 3 aromatic carbocycles. The van der Waals surface area contributed by atoms with Gasteiger partial charge in [-0.3, -0.25) is 25.2 Å². The van der Waals surface area contributed by atoms with Gasteiger partial charge in [-0.2, -0.15) is 0 Å². The summed E-state index contributed by atoms with van der Waals surface area (Å²) in [7, 11) is -4.05. The largest absolute Gasteiger partial charge is 0.279 e. The van der Waals surface area contributed by atoms with Crippen molar-refractivity contribution in [1.82, 2.24) is 10.9 Å². The summed E-state index contributed by atoms with van der Waals surface area (Å²) in [6, 6.07) is 15.5. The van der Waals surface area contributed by atoms with Crippen molar-refractivity contribution in [3.8, 4) is 0 Å². The molecule has 0 aromatic heterocycles. The molecule has 31 heavy (non-hydrogen) atoms. The van der Waals surface area contributed by atoms with Crippen LogP contribution in [0.3, 0.4) is 0 Å². The number of carbonyl (C=O) groups excluding carboxylic acids is 2. The van der Waals surface area contributed by atoms with E-state index in [1.54, 1.807) is 31.2 Å². The number of sulfonamides is 1. The van der Waals surface area contributed by atoms with E-state index in [9.17, 15) is 22.4 Å². The molecule has 7 nitrogen and oxygen atoms in total. The predicted octanol–water partition coefficient (Wildman–Crippen LogP) is 3.32. The molecule has 9 heteroatoms. The number of nitrogens with one attached hydrogen (secondary N) is 3. The highest BCUT2D eigenvalue weighted by Gasteiger charge is 2.19. The third-order valence-electron chi connectivity index (χ3n) is 4.46. The van der Waals surface area contributed by atoms with E-state index < -0.39 is 27.7 Å². The van der Waals surface area contributed by atoms with Crippen molar-refractivity contribution in [2.75, 3.05) is 4.72 Å². The van der Waals surface area contributed by atoms with Crippen LogP contribution in [0, 0.1) is 19.7 Å². The first kappa shape index (κ1) is 22.0. The number of carbonyl (C=O) groups is 2. The molecule has 0 heterocycles. The van der Waals surface area contributed by atoms with Gasteiger partial charge < -0.3 is 0 Å². The Bertz CT molecular complexity index is 1240. The number of para-hydroxylation sites is 1. The van der Waals surface area contributed by atoms with Crippen molar-refractivity contribution < 1.29 is 22.4 Å². The minimum absolute atomic E-state index is 0.00471. The van der Waals surface area contributed by atoms with Gasteiger partial charge in [0.25, 0.3) is 21.8 Å². The number of halogens is 1. The lowest BCUT2D eigenvalue weighted by Crippen LogP contribution is -2.42. The van der Waals surface area contributed by atoms with Gasteiger partial charge in [0.2, 0.25) is 0 Å². The molecule has 0 spiro atoms. The van der Waals surface area contributed by atoms with E-state index in [4.69, 9.17) is 0 Å². The van der Waals surface area contributed by atoms with Crippen molar-refractivity contribution in [2.45, 2.75) is 18.7 Å². The van der Waals surface area contributed by atoms with Gasteiger partial charge in [-0.05, 0) is 61.9 Å². The SMILES string of the molecule is Cc1ccc(C(=O)NNC(=O)c2ccccc2NS(=O)(=O)c2ccc(F)cc2)c(C)c1. The summed E-state index contributed by atoms with van der Waals surface area (Å²) in [5.41, 5.74) is 6.77. The summed E-state index contributed by atoms with van der Waals surface area (Å²) >= 11 is 0. The summed E-state index contributed by atoms with van der Waals surface area (Å²) in [6.07, 6.45) is 0. The molecule has 0 aliphatic heterocycles. The molecular weight excluding hydrogens is 421 g/mol. The van der Waals surface area contributed by atoms with Crippen LogP contribution in [0.1, 0.15) is 31.8 Å². The van der Waals surface area contributed by atoms with Crippen LogP contribution in [0.5, 0.6) is 0 Å². The highest BCUT2D eigenvalue weighted by atomic mass is 32.2. The van der Waals surface area contributed by atoms with Gasteiger partial charge in [0, 0.05) is 5.56 Å². The van der Waals surface area contributed by atoms with Crippen molar-refractivity contribution in [3.63, 3.8) is 0 Å². The topological polar surface area (TPSA) is 104 Å². The molecule has 0 aliphatic carbocycles. The first-order valence-electron chi connectivity index (χ1n) is 9.23. The van der Waals surface area contributed by atoms with Crippen LogP contribution in [0.4, 0.5) is 10.1 Å². The maximum absolute atomic E-state index is 13.1. The van der Waals surface area contributed by atoms with Crippen molar-refractivity contribution in [1.29, 1.82) is 0 Å². The Morgan fingerprint density at radius 2 is 1.42 bits per heavy atom. The van der Waals surface area contributed by atoms with Gasteiger partial charge in [-0.1, -0.05) is 29.8 Å². The Morgan fingerprint density at radius 3 is 2.06 bits per heavy atom. The number of benzene rings is 3. The zero-order valence-electron chi connectivity index (χ0n) is 16.8. The van der Waals surface area contributed by atoms with E-state index in [-0.39, 0.29) is 16.1 Å². The molecule has 3 N–H and O–H groups in total. The summed E-state index contributed by atoms with van der Waals surface area (Å²) in [5, 5.41) is 0. The first-order chi connectivity index (χ1) is 14.7. The zero-order chi connectivity index (χ0) is 22.6.